The van der Waals surface area contributed by atoms with Gasteiger partial charge in [0.15, 0.2) is 0 Å². The minimum absolute atomic E-state index is 0.0299. The molecule has 1 aromatic rings. The number of allylic oxidation sites excluding steroid dienone is 1. The lowest BCUT2D eigenvalue weighted by Gasteiger charge is -2.16. The molecule has 0 bridgehead atoms. The molecular formula is C12H14BrNO3. The highest BCUT2D eigenvalue weighted by Gasteiger charge is 2.21. The molecule has 0 heterocycles. The number of carboxylic acids is 1. The highest BCUT2D eigenvalue weighted by Crippen LogP contribution is 2.35. The van der Waals surface area contributed by atoms with E-state index in [1.54, 1.807) is 6.08 Å². The Hall–Kier alpha value is -1.33. The third-order valence-electron chi connectivity index (χ3n) is 2.45. The van der Waals surface area contributed by atoms with Crippen molar-refractivity contribution in [1.29, 1.82) is 0 Å². The van der Waals surface area contributed by atoms with Gasteiger partial charge in [-0.25, -0.2) is 4.79 Å². The summed E-state index contributed by atoms with van der Waals surface area (Å²) in [5, 5.41) is 18.9. The standard InChI is InChI=1S/C12H14BrNO3/c1-2-3-4-9(14)10-7(12(16)17)5-6-8(13)11(10)15/h2,5-6,9,15H,1,3-4,14H2,(H,16,17)/t9-/m0/s1. The number of aromatic carboxylic acids is 1. The van der Waals surface area contributed by atoms with Crippen LogP contribution in [-0.2, 0) is 0 Å². The molecule has 0 saturated carbocycles. The van der Waals surface area contributed by atoms with Gasteiger partial charge in [-0.05, 0) is 40.9 Å². The molecule has 0 saturated heterocycles. The highest BCUT2D eigenvalue weighted by molar-refractivity contribution is 9.10. The van der Waals surface area contributed by atoms with E-state index in [0.717, 1.165) is 0 Å². The Morgan fingerprint density at radius 2 is 2.24 bits per heavy atom. The van der Waals surface area contributed by atoms with Crippen LogP contribution in [0.25, 0.3) is 0 Å². The molecule has 1 atom stereocenters. The Kier molecular flexibility index (Phi) is 4.72. The Bertz CT molecular complexity index is 446. The molecule has 5 heteroatoms. The number of aromatic hydroxyl groups is 1. The summed E-state index contributed by atoms with van der Waals surface area (Å²) in [6.45, 7) is 3.58. The monoisotopic (exact) mass is 299 g/mol. The van der Waals surface area contributed by atoms with Gasteiger partial charge in [0.25, 0.3) is 0 Å². The Morgan fingerprint density at radius 1 is 1.59 bits per heavy atom. The molecular weight excluding hydrogens is 286 g/mol. The average Bonchev–Trinajstić information content (AvgIpc) is 2.28. The number of carboxylic acid groups (broad SMARTS) is 1. The van der Waals surface area contributed by atoms with E-state index in [4.69, 9.17) is 10.8 Å². The minimum atomic E-state index is -1.10. The molecule has 0 fully saturated rings. The van der Waals surface area contributed by atoms with Crippen molar-refractivity contribution < 1.29 is 15.0 Å². The van der Waals surface area contributed by atoms with E-state index < -0.39 is 12.0 Å². The van der Waals surface area contributed by atoms with Crippen LogP contribution in [0.3, 0.4) is 0 Å². The summed E-state index contributed by atoms with van der Waals surface area (Å²) in [7, 11) is 0. The molecule has 0 aliphatic carbocycles. The third-order valence-corrected chi connectivity index (χ3v) is 3.09. The number of rotatable bonds is 5. The zero-order valence-corrected chi connectivity index (χ0v) is 10.8. The predicted octanol–water partition coefficient (Wildman–Crippen LogP) is 2.82. The number of phenols is 1. The van der Waals surface area contributed by atoms with Gasteiger partial charge in [-0.2, -0.15) is 0 Å². The molecule has 0 unspecified atom stereocenters. The first kappa shape index (κ1) is 13.7. The van der Waals surface area contributed by atoms with Crippen LogP contribution in [0.1, 0.15) is 34.8 Å². The van der Waals surface area contributed by atoms with Crippen molar-refractivity contribution in [2.45, 2.75) is 18.9 Å². The molecule has 0 amide bonds. The molecule has 0 aromatic heterocycles. The van der Waals surface area contributed by atoms with E-state index in [1.165, 1.54) is 12.1 Å². The quantitative estimate of drug-likeness (QED) is 0.730. The fraction of sp³-hybridized carbons (Fsp3) is 0.250. The summed E-state index contributed by atoms with van der Waals surface area (Å²) >= 11 is 3.15. The Morgan fingerprint density at radius 3 is 2.76 bits per heavy atom. The van der Waals surface area contributed by atoms with Crippen molar-refractivity contribution in [1.82, 2.24) is 0 Å². The second-order valence-corrected chi connectivity index (χ2v) is 4.49. The van der Waals surface area contributed by atoms with Crippen LogP contribution < -0.4 is 5.73 Å². The van der Waals surface area contributed by atoms with Crippen LogP contribution in [0.4, 0.5) is 0 Å². The summed E-state index contributed by atoms with van der Waals surface area (Å²) in [5.41, 5.74) is 6.19. The Balaban J connectivity index is 3.22. The van der Waals surface area contributed by atoms with Crippen molar-refractivity contribution in [3.63, 3.8) is 0 Å². The van der Waals surface area contributed by atoms with Gasteiger partial charge >= 0.3 is 5.97 Å². The fourth-order valence-electron chi connectivity index (χ4n) is 1.59. The summed E-state index contributed by atoms with van der Waals surface area (Å²) in [5.74, 6) is -1.21. The van der Waals surface area contributed by atoms with Gasteiger partial charge in [-0.1, -0.05) is 6.08 Å². The van der Waals surface area contributed by atoms with Crippen LogP contribution in [-0.4, -0.2) is 16.2 Å². The molecule has 17 heavy (non-hydrogen) atoms. The molecule has 92 valence electrons. The lowest BCUT2D eigenvalue weighted by molar-refractivity contribution is 0.0694. The zero-order valence-electron chi connectivity index (χ0n) is 9.19. The van der Waals surface area contributed by atoms with Crippen LogP contribution in [0.5, 0.6) is 5.75 Å². The second-order valence-electron chi connectivity index (χ2n) is 3.63. The molecule has 4 nitrogen and oxygen atoms in total. The first-order valence-electron chi connectivity index (χ1n) is 5.10. The van der Waals surface area contributed by atoms with Crippen molar-refractivity contribution in [2.75, 3.05) is 0 Å². The number of halogens is 1. The van der Waals surface area contributed by atoms with Gasteiger partial charge < -0.3 is 15.9 Å². The number of phenolic OH excluding ortho intramolecular Hbond substituents is 1. The first-order chi connectivity index (χ1) is 7.99. The molecule has 0 spiro atoms. The number of nitrogens with two attached hydrogens (primary N) is 1. The van der Waals surface area contributed by atoms with Gasteiger partial charge in [0.05, 0.1) is 10.0 Å². The summed E-state index contributed by atoms with van der Waals surface area (Å²) in [6, 6.07) is 2.38. The smallest absolute Gasteiger partial charge is 0.336 e. The van der Waals surface area contributed by atoms with Gasteiger partial charge in [0, 0.05) is 11.6 Å². The Labute approximate surface area is 108 Å². The van der Waals surface area contributed by atoms with Crippen molar-refractivity contribution >= 4 is 21.9 Å². The highest BCUT2D eigenvalue weighted by atomic mass is 79.9. The van der Waals surface area contributed by atoms with E-state index in [0.29, 0.717) is 17.3 Å². The van der Waals surface area contributed by atoms with Gasteiger partial charge in [0.1, 0.15) is 5.75 Å². The zero-order chi connectivity index (χ0) is 13.0. The maximum Gasteiger partial charge on any atom is 0.336 e. The lowest BCUT2D eigenvalue weighted by Crippen LogP contribution is -2.15. The molecule has 0 aliphatic rings. The van der Waals surface area contributed by atoms with Crippen molar-refractivity contribution in [3.05, 3.63) is 40.4 Å². The third kappa shape index (κ3) is 3.08. The van der Waals surface area contributed by atoms with E-state index in [1.807, 2.05) is 0 Å². The molecule has 0 aliphatic heterocycles. The summed E-state index contributed by atoms with van der Waals surface area (Å²) < 4.78 is 0.437. The number of carbonyl (C=O) groups is 1. The molecule has 1 rings (SSSR count). The predicted molar refractivity (Wildman–Crippen MR) is 69.1 cm³/mol. The number of hydrogen-bond acceptors (Lipinski definition) is 3. The molecule has 4 N–H and O–H groups in total. The number of benzene rings is 1. The normalized spacial score (nSPS) is 12.1. The maximum absolute atomic E-state index is 11.1. The first-order valence-corrected chi connectivity index (χ1v) is 5.89. The minimum Gasteiger partial charge on any atom is -0.506 e. The molecule has 1 aromatic carbocycles. The van der Waals surface area contributed by atoms with Crippen LogP contribution in [0.15, 0.2) is 29.3 Å². The van der Waals surface area contributed by atoms with Crippen molar-refractivity contribution in [3.8, 4) is 5.75 Å². The van der Waals surface area contributed by atoms with Gasteiger partial charge in [-0.15, -0.1) is 6.58 Å². The summed E-state index contributed by atoms with van der Waals surface area (Å²) in [4.78, 5) is 11.1. The number of hydrogen-bond donors (Lipinski definition) is 3. The lowest BCUT2D eigenvalue weighted by atomic mass is 9.96. The van der Waals surface area contributed by atoms with Crippen LogP contribution >= 0.6 is 15.9 Å². The fourth-order valence-corrected chi connectivity index (χ4v) is 1.93. The van der Waals surface area contributed by atoms with Gasteiger partial charge in [0.2, 0.25) is 0 Å². The van der Waals surface area contributed by atoms with Crippen molar-refractivity contribution in [2.24, 2.45) is 5.73 Å². The van der Waals surface area contributed by atoms with Crippen LogP contribution in [0.2, 0.25) is 0 Å². The van der Waals surface area contributed by atoms with E-state index in [-0.39, 0.29) is 16.9 Å². The van der Waals surface area contributed by atoms with E-state index in [2.05, 4.69) is 22.5 Å². The van der Waals surface area contributed by atoms with Crippen LogP contribution in [0, 0.1) is 0 Å². The van der Waals surface area contributed by atoms with E-state index in [9.17, 15) is 9.90 Å². The van der Waals surface area contributed by atoms with Gasteiger partial charge in [-0.3, -0.25) is 0 Å². The average molecular weight is 300 g/mol. The van der Waals surface area contributed by atoms with E-state index >= 15 is 0 Å². The largest absolute Gasteiger partial charge is 0.506 e. The SMILES string of the molecule is C=CCC[C@H](N)c1c(C(=O)O)ccc(Br)c1O. The molecule has 0 radical (unpaired) electrons. The topological polar surface area (TPSA) is 83.6 Å². The maximum atomic E-state index is 11.1. The summed E-state index contributed by atoms with van der Waals surface area (Å²) in [6.07, 6.45) is 2.90. The second kappa shape index (κ2) is 5.84.